The maximum absolute atomic E-state index is 14.0. The fourth-order valence-electron chi connectivity index (χ4n) is 4.78. The lowest BCUT2D eigenvalue weighted by Gasteiger charge is -2.35. The Morgan fingerprint density at radius 1 is 1.08 bits per heavy atom. The summed E-state index contributed by atoms with van der Waals surface area (Å²) in [6.45, 7) is 7.68. The Morgan fingerprint density at radius 3 is 2.34 bits per heavy atom. The van der Waals surface area contributed by atoms with Crippen molar-refractivity contribution < 1.29 is 24.2 Å². The van der Waals surface area contributed by atoms with Crippen LogP contribution in [0.2, 0.25) is 0 Å². The molecule has 3 amide bonds. The summed E-state index contributed by atoms with van der Waals surface area (Å²) in [5.41, 5.74) is -0.371. The number of unbranched alkanes of at least 4 members (excludes halogenated alkanes) is 4. The Kier molecular flexibility index (Phi) is 13.3. The van der Waals surface area contributed by atoms with E-state index in [1.165, 1.54) is 11.0 Å². The lowest BCUT2D eigenvalue weighted by Crippen LogP contribution is -2.54. The van der Waals surface area contributed by atoms with E-state index in [1.54, 1.807) is 39.0 Å². The first kappa shape index (κ1) is 31.8. The molecule has 0 saturated heterocycles. The Bertz CT molecular complexity index is 898. The first-order chi connectivity index (χ1) is 18.1. The zero-order valence-corrected chi connectivity index (χ0v) is 24.4. The van der Waals surface area contributed by atoms with Gasteiger partial charge in [-0.3, -0.25) is 9.59 Å². The molecule has 1 aliphatic carbocycles. The summed E-state index contributed by atoms with van der Waals surface area (Å²) in [4.78, 5) is 41.8. The van der Waals surface area contributed by atoms with Gasteiger partial charge in [-0.15, -0.1) is 0 Å². The van der Waals surface area contributed by atoms with Gasteiger partial charge in [0.2, 0.25) is 11.8 Å². The Hall–Kier alpha value is -2.42. The van der Waals surface area contributed by atoms with Crippen molar-refractivity contribution in [1.82, 2.24) is 15.5 Å². The second-order valence-corrected chi connectivity index (χ2v) is 11.5. The number of hydrogen-bond acceptors (Lipinski definition) is 6. The van der Waals surface area contributed by atoms with Gasteiger partial charge in [-0.05, 0) is 46.1 Å². The average molecular weight is 550 g/mol. The van der Waals surface area contributed by atoms with Crippen molar-refractivity contribution in [3.63, 3.8) is 0 Å². The number of para-hydroxylation sites is 1. The molecule has 1 aliphatic rings. The first-order valence-corrected chi connectivity index (χ1v) is 14.7. The lowest BCUT2D eigenvalue weighted by atomic mass is 9.94. The molecule has 3 N–H and O–H groups in total. The predicted molar refractivity (Wildman–Crippen MR) is 153 cm³/mol. The molecule has 38 heavy (non-hydrogen) atoms. The smallest absolute Gasteiger partial charge is 0.408 e. The maximum Gasteiger partial charge on any atom is 0.408 e. The van der Waals surface area contributed by atoms with Crippen LogP contribution in [0.4, 0.5) is 4.79 Å². The number of phenolic OH excluding ortho intramolecular Hbond substituents is 1. The van der Waals surface area contributed by atoms with Crippen LogP contribution in [0.3, 0.4) is 0 Å². The van der Waals surface area contributed by atoms with Crippen molar-refractivity contribution in [1.29, 1.82) is 0 Å². The van der Waals surface area contributed by atoms with Crippen molar-refractivity contribution >= 4 is 30.5 Å². The molecule has 0 aliphatic heterocycles. The highest BCUT2D eigenvalue weighted by Crippen LogP contribution is 2.31. The Labute approximate surface area is 233 Å². The molecule has 2 rings (SSSR count). The van der Waals surface area contributed by atoms with Gasteiger partial charge in [-0.2, -0.15) is 12.6 Å². The van der Waals surface area contributed by atoms with Crippen molar-refractivity contribution in [2.75, 3.05) is 12.3 Å². The number of benzene rings is 1. The number of amides is 3. The van der Waals surface area contributed by atoms with E-state index < -0.39 is 29.7 Å². The molecular formula is C29H47N3O5S. The lowest BCUT2D eigenvalue weighted by molar-refractivity contribution is -0.142. The topological polar surface area (TPSA) is 108 Å². The molecule has 1 fully saturated rings. The number of thiol groups is 1. The third-order valence-electron chi connectivity index (χ3n) is 6.70. The van der Waals surface area contributed by atoms with Gasteiger partial charge in [-0.25, -0.2) is 4.79 Å². The summed E-state index contributed by atoms with van der Waals surface area (Å²) < 4.78 is 5.36. The minimum atomic E-state index is -1.04. The summed E-state index contributed by atoms with van der Waals surface area (Å²) in [5, 5.41) is 16.5. The van der Waals surface area contributed by atoms with Gasteiger partial charge < -0.3 is 25.4 Å². The van der Waals surface area contributed by atoms with Gasteiger partial charge in [-0.1, -0.05) is 70.1 Å². The van der Waals surface area contributed by atoms with E-state index in [1.807, 2.05) is 0 Å². The van der Waals surface area contributed by atoms with Crippen LogP contribution >= 0.6 is 12.6 Å². The third-order valence-corrected chi connectivity index (χ3v) is 7.07. The van der Waals surface area contributed by atoms with Crippen LogP contribution < -0.4 is 10.6 Å². The van der Waals surface area contributed by atoms with Gasteiger partial charge in [0.25, 0.3) is 0 Å². The van der Waals surface area contributed by atoms with Crippen LogP contribution in [0.15, 0.2) is 24.3 Å². The molecule has 214 valence electrons. The number of rotatable bonds is 13. The number of hydrogen-bond donors (Lipinski definition) is 4. The van der Waals surface area contributed by atoms with Crippen LogP contribution in [-0.2, 0) is 14.3 Å². The van der Waals surface area contributed by atoms with Crippen LogP contribution in [0.25, 0.3) is 0 Å². The summed E-state index contributed by atoms with van der Waals surface area (Å²) in [6, 6.07) is 4.62. The van der Waals surface area contributed by atoms with E-state index in [-0.39, 0.29) is 23.5 Å². The zero-order valence-electron chi connectivity index (χ0n) is 23.5. The van der Waals surface area contributed by atoms with Crippen molar-refractivity contribution in [3.8, 4) is 5.75 Å². The number of alkyl carbamates (subject to hydrolysis) is 1. The minimum absolute atomic E-state index is 0.0299. The molecule has 0 radical (unpaired) electrons. The molecule has 2 atom stereocenters. The Morgan fingerprint density at radius 2 is 1.74 bits per heavy atom. The molecule has 1 aromatic rings. The largest absolute Gasteiger partial charge is 0.508 e. The fourth-order valence-corrected chi connectivity index (χ4v) is 5.03. The molecular weight excluding hydrogens is 502 g/mol. The molecule has 9 heteroatoms. The van der Waals surface area contributed by atoms with Gasteiger partial charge in [0.1, 0.15) is 23.4 Å². The van der Waals surface area contributed by atoms with Crippen molar-refractivity contribution in [3.05, 3.63) is 29.8 Å². The molecule has 0 spiro atoms. The van der Waals surface area contributed by atoms with E-state index >= 15 is 0 Å². The number of nitrogens with one attached hydrogen (secondary N) is 2. The third kappa shape index (κ3) is 10.4. The van der Waals surface area contributed by atoms with E-state index in [4.69, 9.17) is 4.74 Å². The summed E-state index contributed by atoms with van der Waals surface area (Å²) in [7, 11) is 0. The summed E-state index contributed by atoms with van der Waals surface area (Å²) >= 11 is 4.34. The number of carbonyl (C=O) groups is 3. The van der Waals surface area contributed by atoms with Crippen molar-refractivity contribution in [2.45, 2.75) is 116 Å². The fraction of sp³-hybridized carbons (Fsp3) is 0.690. The van der Waals surface area contributed by atoms with E-state index in [0.29, 0.717) is 18.5 Å². The molecule has 0 aromatic heterocycles. The number of carbonyl (C=O) groups excluding carboxylic acids is 3. The SMILES string of the molecule is CCCCCCCN(C(=O)C(CS)NC(=O)OC(C)(C)C)C(C(=O)NC1CCCCC1)c1ccccc1O. The molecule has 8 nitrogen and oxygen atoms in total. The van der Waals surface area contributed by atoms with E-state index in [0.717, 1.165) is 57.8 Å². The van der Waals surface area contributed by atoms with Gasteiger partial charge >= 0.3 is 6.09 Å². The quantitative estimate of drug-likeness (QED) is 0.192. The van der Waals surface area contributed by atoms with Gasteiger partial charge in [0, 0.05) is 23.9 Å². The summed E-state index contributed by atoms with van der Waals surface area (Å²) in [5.74, 6) is -0.784. The monoisotopic (exact) mass is 549 g/mol. The number of aromatic hydroxyl groups is 1. The van der Waals surface area contributed by atoms with Crippen LogP contribution in [-0.4, -0.2) is 57.9 Å². The highest BCUT2D eigenvalue weighted by atomic mass is 32.1. The highest BCUT2D eigenvalue weighted by molar-refractivity contribution is 7.80. The molecule has 2 unspecified atom stereocenters. The second kappa shape index (κ2) is 15.9. The van der Waals surface area contributed by atoms with Crippen LogP contribution in [0.5, 0.6) is 5.75 Å². The zero-order chi connectivity index (χ0) is 28.1. The number of nitrogens with zero attached hydrogens (tertiary/aromatic N) is 1. The van der Waals surface area contributed by atoms with Gasteiger partial charge in [0.15, 0.2) is 0 Å². The Balaban J connectivity index is 2.39. The maximum atomic E-state index is 14.0. The van der Waals surface area contributed by atoms with E-state index in [2.05, 4.69) is 30.2 Å². The second-order valence-electron chi connectivity index (χ2n) is 11.1. The normalized spacial score (nSPS) is 15.8. The van der Waals surface area contributed by atoms with E-state index in [9.17, 15) is 19.5 Å². The van der Waals surface area contributed by atoms with Crippen LogP contribution in [0, 0.1) is 0 Å². The highest BCUT2D eigenvalue weighted by Gasteiger charge is 2.37. The molecule has 0 heterocycles. The van der Waals surface area contributed by atoms with Gasteiger partial charge in [0.05, 0.1) is 0 Å². The van der Waals surface area contributed by atoms with Crippen molar-refractivity contribution in [2.24, 2.45) is 0 Å². The minimum Gasteiger partial charge on any atom is -0.508 e. The molecule has 1 saturated carbocycles. The number of phenols is 1. The average Bonchev–Trinajstić information content (AvgIpc) is 2.86. The number of ether oxygens (including phenoxy) is 1. The molecule has 0 bridgehead atoms. The summed E-state index contributed by atoms with van der Waals surface area (Å²) in [6.07, 6.45) is 9.12. The predicted octanol–water partition coefficient (Wildman–Crippen LogP) is 5.50. The van der Waals surface area contributed by atoms with Crippen LogP contribution in [0.1, 0.15) is 104 Å². The first-order valence-electron chi connectivity index (χ1n) is 14.1. The standard InChI is InChI=1S/C29H47N3O5S/c1-5-6-7-8-14-19-32(27(35)23(20-38)31-28(36)37-29(2,3)4)25(22-17-12-13-18-24(22)33)26(34)30-21-15-10-9-11-16-21/h12-13,17-18,21,23,25,33,38H,5-11,14-16,19-20H2,1-4H3,(H,30,34)(H,31,36). The molecule has 1 aromatic carbocycles.